The minimum atomic E-state index is 0. The standard InChI is InChI=1S/C9H7.C7H9.2ClH.Zr/c1-2-5-9-7-3-6-8(9)4-1;1-6-3-4-7(2)5-6;;;/h1-7H;3H,4H2,1-2H3;2*1H;/q2*-1;;;+4/p-2. The minimum Gasteiger partial charge on any atom is -1.00 e. The summed E-state index contributed by atoms with van der Waals surface area (Å²) in [4.78, 5) is 0. The molecule has 0 saturated carbocycles. The molecule has 3 heteroatoms. The molecule has 0 heterocycles. The van der Waals surface area contributed by atoms with Gasteiger partial charge in [-0.25, -0.2) is 11.6 Å². The third-order valence-corrected chi connectivity index (χ3v) is 2.67. The average Bonchev–Trinajstić information content (AvgIpc) is 2.88. The molecule has 0 spiro atoms. The second kappa shape index (κ2) is 10.5. The number of fused-ring (bicyclic) bond motifs is 1. The van der Waals surface area contributed by atoms with Gasteiger partial charge in [0.2, 0.25) is 0 Å². The molecule has 0 atom stereocenters. The molecule has 1 aliphatic rings. The van der Waals surface area contributed by atoms with Gasteiger partial charge >= 0.3 is 26.2 Å². The molecule has 0 fully saturated rings. The number of rotatable bonds is 0. The first-order valence-electron chi connectivity index (χ1n) is 5.62. The maximum Gasteiger partial charge on any atom is 4.00 e. The zero-order valence-corrected chi connectivity index (χ0v) is 15.1. The van der Waals surface area contributed by atoms with E-state index in [1.54, 1.807) is 0 Å². The molecule has 2 aromatic carbocycles. The fraction of sp³-hybridized carbons (Fsp3) is 0.188. The summed E-state index contributed by atoms with van der Waals surface area (Å²) >= 11 is 0. The van der Waals surface area contributed by atoms with Gasteiger partial charge in [0.25, 0.3) is 0 Å². The third kappa shape index (κ3) is 6.66. The number of hydrogen-bond acceptors (Lipinski definition) is 0. The van der Waals surface area contributed by atoms with Crippen LogP contribution in [0.1, 0.15) is 20.3 Å². The molecule has 98 valence electrons. The fourth-order valence-corrected chi connectivity index (χ4v) is 1.81. The van der Waals surface area contributed by atoms with Crippen LogP contribution in [0, 0.1) is 6.08 Å². The van der Waals surface area contributed by atoms with E-state index < -0.39 is 0 Å². The smallest absolute Gasteiger partial charge is 1.00 e. The van der Waals surface area contributed by atoms with Crippen molar-refractivity contribution in [2.45, 2.75) is 20.3 Å². The molecule has 19 heavy (non-hydrogen) atoms. The van der Waals surface area contributed by atoms with Crippen molar-refractivity contribution in [1.82, 2.24) is 0 Å². The van der Waals surface area contributed by atoms with Crippen LogP contribution in [-0.2, 0) is 26.2 Å². The van der Waals surface area contributed by atoms with E-state index >= 15 is 0 Å². The fourth-order valence-electron chi connectivity index (χ4n) is 1.81. The second-order valence-electron chi connectivity index (χ2n) is 4.15. The van der Waals surface area contributed by atoms with Gasteiger partial charge in [-0.1, -0.05) is 26.3 Å². The van der Waals surface area contributed by atoms with E-state index in [1.165, 1.54) is 21.9 Å². The van der Waals surface area contributed by atoms with Crippen LogP contribution in [-0.4, -0.2) is 0 Å². The van der Waals surface area contributed by atoms with Crippen LogP contribution in [0.4, 0.5) is 0 Å². The van der Waals surface area contributed by atoms with E-state index in [4.69, 9.17) is 0 Å². The maximum atomic E-state index is 3.19. The Hall–Kier alpha value is -0.227. The molecular weight excluding hydrogens is 354 g/mol. The van der Waals surface area contributed by atoms with E-state index in [-0.39, 0.29) is 51.0 Å². The maximum absolute atomic E-state index is 3.19. The van der Waals surface area contributed by atoms with Gasteiger partial charge in [-0.05, 0) is 0 Å². The van der Waals surface area contributed by atoms with Crippen LogP contribution >= 0.6 is 0 Å². The normalized spacial score (nSPS) is 11.9. The van der Waals surface area contributed by atoms with Crippen molar-refractivity contribution < 1.29 is 51.0 Å². The van der Waals surface area contributed by atoms with Gasteiger partial charge in [0.15, 0.2) is 0 Å². The predicted molar refractivity (Wildman–Crippen MR) is 70.3 cm³/mol. The van der Waals surface area contributed by atoms with Crippen molar-refractivity contribution in [3.63, 3.8) is 0 Å². The van der Waals surface area contributed by atoms with Crippen molar-refractivity contribution in [2.75, 3.05) is 0 Å². The van der Waals surface area contributed by atoms with Crippen molar-refractivity contribution in [1.29, 1.82) is 0 Å². The Morgan fingerprint density at radius 1 is 1.05 bits per heavy atom. The van der Waals surface area contributed by atoms with Gasteiger partial charge in [0, 0.05) is 0 Å². The molecule has 2 aromatic rings. The number of allylic oxidation sites excluding steroid dienone is 4. The zero-order chi connectivity index (χ0) is 11.4. The van der Waals surface area contributed by atoms with Crippen molar-refractivity contribution in [2.24, 2.45) is 0 Å². The summed E-state index contributed by atoms with van der Waals surface area (Å²) in [6.45, 7) is 4.18. The van der Waals surface area contributed by atoms with Crippen LogP contribution < -0.4 is 24.8 Å². The second-order valence-corrected chi connectivity index (χ2v) is 4.15. The van der Waals surface area contributed by atoms with Gasteiger partial charge < -0.3 is 24.8 Å². The van der Waals surface area contributed by atoms with Gasteiger partial charge in [-0.3, -0.25) is 6.08 Å². The molecule has 1 aliphatic carbocycles. The van der Waals surface area contributed by atoms with Gasteiger partial charge in [0.1, 0.15) is 0 Å². The molecule has 0 amide bonds. The predicted octanol–water partition coefficient (Wildman–Crippen LogP) is -1.35. The molecule has 0 nitrogen and oxygen atoms in total. The Balaban J connectivity index is 0. The van der Waals surface area contributed by atoms with E-state index in [0.717, 1.165) is 6.42 Å². The summed E-state index contributed by atoms with van der Waals surface area (Å²) in [5.41, 5.74) is 2.65. The van der Waals surface area contributed by atoms with Crippen molar-refractivity contribution in [3.05, 3.63) is 65.8 Å². The molecule has 3 rings (SSSR count). The van der Waals surface area contributed by atoms with Crippen LogP contribution in [0.5, 0.6) is 0 Å². The number of hydrogen-bond donors (Lipinski definition) is 0. The minimum absolute atomic E-state index is 0. The summed E-state index contributed by atoms with van der Waals surface area (Å²) in [5, 5.41) is 2.66. The molecule has 0 unspecified atom stereocenters. The van der Waals surface area contributed by atoms with Crippen LogP contribution in [0.3, 0.4) is 0 Å². The summed E-state index contributed by atoms with van der Waals surface area (Å²) in [5.74, 6) is 0. The SMILES string of the molecule is CC1=[C-]C(C)=CC1.[Cl-].[Cl-].[Zr+4].c1ccc2[cH-]ccc2c1. The van der Waals surface area contributed by atoms with E-state index in [1.807, 2.05) is 0 Å². The Kier molecular flexibility index (Phi) is 11.7. The first-order chi connectivity index (χ1) is 7.75. The molecule has 0 saturated heterocycles. The van der Waals surface area contributed by atoms with Crippen LogP contribution in [0.2, 0.25) is 0 Å². The molecule has 0 radical (unpaired) electrons. The van der Waals surface area contributed by atoms with Crippen molar-refractivity contribution >= 4 is 10.8 Å². The summed E-state index contributed by atoms with van der Waals surface area (Å²) in [7, 11) is 0. The Labute approximate surface area is 147 Å². The molecule has 0 N–H and O–H groups in total. The first kappa shape index (κ1) is 21.1. The summed E-state index contributed by atoms with van der Waals surface area (Å²) in [6.07, 6.45) is 6.50. The summed E-state index contributed by atoms with van der Waals surface area (Å²) in [6, 6.07) is 14.7. The van der Waals surface area contributed by atoms with E-state index in [0.29, 0.717) is 0 Å². The Morgan fingerprint density at radius 2 is 1.74 bits per heavy atom. The quantitative estimate of drug-likeness (QED) is 0.503. The van der Waals surface area contributed by atoms with Crippen LogP contribution in [0.15, 0.2) is 59.7 Å². The van der Waals surface area contributed by atoms with Gasteiger partial charge in [0.05, 0.1) is 0 Å². The van der Waals surface area contributed by atoms with E-state index in [2.05, 4.69) is 68.5 Å². The van der Waals surface area contributed by atoms with Crippen molar-refractivity contribution in [3.8, 4) is 0 Å². The largest absolute Gasteiger partial charge is 4.00 e. The third-order valence-electron chi connectivity index (χ3n) is 2.67. The van der Waals surface area contributed by atoms with Crippen LogP contribution in [0.25, 0.3) is 10.8 Å². The topological polar surface area (TPSA) is 0 Å². The number of benzene rings is 1. The number of halogens is 2. The van der Waals surface area contributed by atoms with Gasteiger partial charge in [-0.2, -0.15) is 23.1 Å². The molecule has 0 bridgehead atoms. The van der Waals surface area contributed by atoms with E-state index in [9.17, 15) is 0 Å². The average molecular weight is 370 g/mol. The molecule has 0 aliphatic heterocycles. The monoisotopic (exact) mass is 368 g/mol. The summed E-state index contributed by atoms with van der Waals surface area (Å²) < 4.78 is 0. The molecule has 0 aromatic heterocycles. The van der Waals surface area contributed by atoms with Gasteiger partial charge in [-0.15, -0.1) is 29.7 Å². The zero-order valence-electron chi connectivity index (χ0n) is 11.1. The molecular formula is C16H16Cl2Zr. The Bertz CT molecular complexity index is 508. The first-order valence-corrected chi connectivity index (χ1v) is 5.62. The Morgan fingerprint density at radius 3 is 2.21 bits per heavy atom.